The summed E-state index contributed by atoms with van der Waals surface area (Å²) in [6.07, 6.45) is 0. The molecule has 0 spiro atoms. The fraction of sp³-hybridized carbons (Fsp3) is 0.0526. The fourth-order valence-corrected chi connectivity index (χ4v) is 3.13. The molecule has 0 aliphatic heterocycles. The van der Waals surface area contributed by atoms with Gasteiger partial charge in [-0.1, -0.05) is 18.2 Å². The Morgan fingerprint density at radius 2 is 1.67 bits per heavy atom. The van der Waals surface area contributed by atoms with Crippen molar-refractivity contribution in [2.75, 3.05) is 0 Å². The number of nitrogens with zero attached hydrogens (tertiary/aromatic N) is 4. The van der Waals surface area contributed by atoms with Crippen LogP contribution in [-0.2, 0) is 6.54 Å². The smallest absolute Gasteiger partial charge is 0.369 e. The van der Waals surface area contributed by atoms with E-state index in [1.807, 2.05) is 41.8 Å². The lowest BCUT2D eigenvalue weighted by molar-refractivity contribution is 0.0965. The van der Waals surface area contributed by atoms with Gasteiger partial charge in [-0.25, -0.2) is 4.79 Å². The molecule has 2 aromatic heterocycles. The molecule has 2 aromatic carbocycles. The Morgan fingerprint density at radius 1 is 0.926 bits per heavy atom. The number of hydrogen-bond acceptors (Lipinski definition) is 6. The molecule has 0 amide bonds. The van der Waals surface area contributed by atoms with Crippen LogP contribution >= 0.6 is 11.3 Å². The van der Waals surface area contributed by atoms with Crippen molar-refractivity contribution in [2.45, 2.75) is 6.54 Å². The lowest BCUT2D eigenvalue weighted by atomic mass is 10.1. The van der Waals surface area contributed by atoms with Gasteiger partial charge < -0.3 is 4.74 Å². The molecule has 0 radical (unpaired) electrons. The highest BCUT2D eigenvalue weighted by Gasteiger charge is 2.14. The van der Waals surface area contributed by atoms with Gasteiger partial charge in [-0.3, -0.25) is 4.79 Å². The number of thiophene rings is 1. The minimum atomic E-state index is -0.449. The van der Waals surface area contributed by atoms with Crippen molar-refractivity contribution in [3.05, 3.63) is 88.2 Å². The maximum atomic E-state index is 12.5. The van der Waals surface area contributed by atoms with Crippen LogP contribution in [0.3, 0.4) is 0 Å². The fourth-order valence-electron chi connectivity index (χ4n) is 2.46. The molecule has 0 fully saturated rings. The van der Waals surface area contributed by atoms with Crippen molar-refractivity contribution in [3.63, 3.8) is 0 Å². The maximum absolute atomic E-state index is 12.5. The van der Waals surface area contributed by atoms with E-state index in [0.717, 1.165) is 4.68 Å². The molecule has 0 aliphatic rings. The van der Waals surface area contributed by atoms with Crippen LogP contribution in [0.15, 0.2) is 76.9 Å². The molecule has 0 atom stereocenters. The molecule has 0 unspecified atom stereocenters. The van der Waals surface area contributed by atoms with Crippen LogP contribution in [0.4, 0.5) is 0 Å². The first-order valence-electron chi connectivity index (χ1n) is 8.13. The van der Waals surface area contributed by atoms with E-state index in [-0.39, 0.29) is 12.3 Å². The van der Waals surface area contributed by atoms with Gasteiger partial charge in [0.05, 0.1) is 0 Å². The van der Waals surface area contributed by atoms with Gasteiger partial charge in [0.15, 0.2) is 5.78 Å². The topological polar surface area (TPSA) is 79.0 Å². The number of tetrazole rings is 1. The summed E-state index contributed by atoms with van der Waals surface area (Å²) in [5.41, 5.74) is 0.0165. The van der Waals surface area contributed by atoms with E-state index < -0.39 is 5.69 Å². The van der Waals surface area contributed by atoms with Crippen LogP contribution < -0.4 is 10.4 Å². The third kappa shape index (κ3) is 3.70. The van der Waals surface area contributed by atoms with E-state index in [1.165, 1.54) is 16.0 Å². The van der Waals surface area contributed by atoms with Gasteiger partial charge in [-0.05, 0) is 64.3 Å². The van der Waals surface area contributed by atoms with E-state index in [9.17, 15) is 9.59 Å². The minimum Gasteiger partial charge on any atom is -0.457 e. The van der Waals surface area contributed by atoms with Gasteiger partial charge in [0.25, 0.3) is 0 Å². The summed E-state index contributed by atoms with van der Waals surface area (Å²) in [6, 6.07) is 19.7. The largest absolute Gasteiger partial charge is 0.457 e. The Kier molecular flexibility index (Phi) is 4.63. The highest BCUT2D eigenvalue weighted by molar-refractivity contribution is 7.12. The van der Waals surface area contributed by atoms with Crippen molar-refractivity contribution in [1.82, 2.24) is 19.8 Å². The zero-order valence-corrected chi connectivity index (χ0v) is 14.9. The van der Waals surface area contributed by atoms with Crippen LogP contribution in [0.5, 0.6) is 11.5 Å². The lowest BCUT2D eigenvalue weighted by Gasteiger charge is -2.06. The van der Waals surface area contributed by atoms with Crippen molar-refractivity contribution >= 4 is 17.1 Å². The molecular formula is C19H14N4O3S. The number of ether oxygens (including phenoxy) is 1. The number of carbonyl (C=O) groups is 1. The Labute approximate surface area is 158 Å². The molecule has 8 heteroatoms. The predicted molar refractivity (Wildman–Crippen MR) is 101 cm³/mol. The molecule has 0 saturated carbocycles. The van der Waals surface area contributed by atoms with E-state index in [0.29, 0.717) is 22.1 Å². The summed E-state index contributed by atoms with van der Waals surface area (Å²) in [4.78, 5) is 24.8. The van der Waals surface area contributed by atoms with Gasteiger partial charge in [0, 0.05) is 5.56 Å². The third-order valence-electron chi connectivity index (χ3n) is 3.80. The average Bonchev–Trinajstić information content (AvgIpc) is 3.34. The zero-order chi connectivity index (χ0) is 18.6. The summed E-state index contributed by atoms with van der Waals surface area (Å²) in [7, 11) is 0. The van der Waals surface area contributed by atoms with Crippen LogP contribution in [0.1, 0.15) is 10.4 Å². The molecule has 2 heterocycles. The highest BCUT2D eigenvalue weighted by atomic mass is 32.1. The van der Waals surface area contributed by atoms with Crippen molar-refractivity contribution < 1.29 is 9.53 Å². The Bertz CT molecular complexity index is 1100. The van der Waals surface area contributed by atoms with Gasteiger partial charge in [0.2, 0.25) is 0 Å². The monoisotopic (exact) mass is 378 g/mol. The Hall–Kier alpha value is -3.52. The molecule has 0 bridgehead atoms. The number of benzene rings is 2. The second-order valence-electron chi connectivity index (χ2n) is 5.64. The molecule has 7 nitrogen and oxygen atoms in total. The lowest BCUT2D eigenvalue weighted by Crippen LogP contribution is -2.27. The average molecular weight is 378 g/mol. The summed E-state index contributed by atoms with van der Waals surface area (Å²) >= 11 is 1.37. The molecule has 0 saturated heterocycles. The Morgan fingerprint density at radius 3 is 2.37 bits per heavy atom. The summed E-state index contributed by atoms with van der Waals surface area (Å²) in [5.74, 6) is 1.11. The number of ketones is 1. The number of rotatable bonds is 6. The van der Waals surface area contributed by atoms with E-state index in [1.54, 1.807) is 30.3 Å². The summed E-state index contributed by atoms with van der Waals surface area (Å²) in [6.45, 7) is -0.177. The van der Waals surface area contributed by atoms with E-state index in [2.05, 4.69) is 10.4 Å². The SMILES string of the molecule is O=C(Cn1nnn(-c2cccs2)c1=O)c1ccc(Oc2ccccc2)cc1. The van der Waals surface area contributed by atoms with Gasteiger partial charge in [-0.15, -0.1) is 11.3 Å². The van der Waals surface area contributed by atoms with Crippen LogP contribution in [-0.4, -0.2) is 25.6 Å². The maximum Gasteiger partial charge on any atom is 0.369 e. The van der Waals surface area contributed by atoms with Crippen LogP contribution in [0, 0.1) is 0 Å². The number of hydrogen-bond donors (Lipinski definition) is 0. The molecule has 4 rings (SSSR count). The van der Waals surface area contributed by atoms with Crippen molar-refractivity contribution in [2.24, 2.45) is 0 Å². The van der Waals surface area contributed by atoms with Gasteiger partial charge in [-0.2, -0.15) is 9.36 Å². The zero-order valence-electron chi connectivity index (χ0n) is 14.1. The second-order valence-corrected chi connectivity index (χ2v) is 6.57. The minimum absolute atomic E-state index is 0.177. The quantitative estimate of drug-likeness (QED) is 0.482. The highest BCUT2D eigenvalue weighted by Crippen LogP contribution is 2.21. The number of Topliss-reactive ketones (excluding diaryl/α,β-unsaturated/α-hetero) is 1. The Balaban J connectivity index is 1.47. The first kappa shape index (κ1) is 16.9. The summed E-state index contributed by atoms with van der Waals surface area (Å²) < 4.78 is 7.93. The second kappa shape index (κ2) is 7.38. The number of aromatic nitrogens is 4. The van der Waals surface area contributed by atoms with E-state index in [4.69, 9.17) is 4.74 Å². The molecule has 134 valence electrons. The first-order chi connectivity index (χ1) is 13.2. The van der Waals surface area contributed by atoms with Crippen LogP contribution in [0.25, 0.3) is 5.00 Å². The first-order valence-corrected chi connectivity index (χ1v) is 9.01. The molecule has 4 aromatic rings. The summed E-state index contributed by atoms with van der Waals surface area (Å²) in [5, 5.41) is 10.1. The molecule has 0 N–H and O–H groups in total. The molecule has 0 aliphatic carbocycles. The number of para-hydroxylation sites is 1. The normalized spacial score (nSPS) is 10.7. The third-order valence-corrected chi connectivity index (χ3v) is 4.65. The van der Waals surface area contributed by atoms with Crippen molar-refractivity contribution in [3.8, 4) is 16.5 Å². The molecule has 27 heavy (non-hydrogen) atoms. The predicted octanol–water partition coefficient (Wildman–Crippen LogP) is 3.17. The van der Waals surface area contributed by atoms with Crippen molar-refractivity contribution in [1.29, 1.82) is 0 Å². The standard InChI is InChI=1S/C19H14N4O3S/c24-17(13-22-19(25)23(21-20-22)18-7-4-12-27-18)14-8-10-16(11-9-14)26-15-5-2-1-3-6-15/h1-12H,13H2. The molecular weight excluding hydrogens is 364 g/mol. The van der Waals surface area contributed by atoms with Gasteiger partial charge in [0.1, 0.15) is 23.0 Å². The number of carbonyl (C=O) groups excluding carboxylic acids is 1. The van der Waals surface area contributed by atoms with Gasteiger partial charge >= 0.3 is 5.69 Å². The van der Waals surface area contributed by atoms with E-state index >= 15 is 0 Å². The van der Waals surface area contributed by atoms with Crippen LogP contribution in [0.2, 0.25) is 0 Å².